The molecule has 0 bridgehead atoms. The highest BCUT2D eigenvalue weighted by Gasteiger charge is 2.28. The smallest absolute Gasteiger partial charge is 0.263 e. The lowest BCUT2D eigenvalue weighted by atomic mass is 10.3. The molecule has 1 fully saturated rings. The highest BCUT2D eigenvalue weighted by molar-refractivity contribution is 9.10. The summed E-state index contributed by atoms with van der Waals surface area (Å²) in [5.41, 5.74) is 5.79. The summed E-state index contributed by atoms with van der Waals surface area (Å²) in [6, 6.07) is 7.55. The van der Waals surface area contributed by atoms with Gasteiger partial charge in [0.25, 0.3) is 5.91 Å². The number of rotatable bonds is 3. The van der Waals surface area contributed by atoms with Crippen LogP contribution in [0, 0.1) is 0 Å². The fraction of sp³-hybridized carbons (Fsp3) is 0.462. The Balaban J connectivity index is 1.93. The molecule has 0 aliphatic carbocycles. The molecule has 2 N–H and O–H groups in total. The maximum absolute atomic E-state index is 12.1. The summed E-state index contributed by atoms with van der Waals surface area (Å²) < 4.78 is 6.61. The zero-order valence-electron chi connectivity index (χ0n) is 10.3. The first-order chi connectivity index (χ1) is 8.56. The molecule has 1 aromatic rings. The van der Waals surface area contributed by atoms with E-state index in [1.165, 1.54) is 0 Å². The quantitative estimate of drug-likeness (QED) is 0.925. The maximum Gasteiger partial charge on any atom is 0.263 e. The van der Waals surface area contributed by atoms with Crippen molar-refractivity contribution in [1.29, 1.82) is 0 Å². The molecule has 1 saturated heterocycles. The van der Waals surface area contributed by atoms with Gasteiger partial charge in [0, 0.05) is 23.6 Å². The Hall–Kier alpha value is -1.07. The predicted molar refractivity (Wildman–Crippen MR) is 73.4 cm³/mol. The molecular formula is C13H17BrN2O2. The number of carbonyl (C=O) groups is 1. The number of halogens is 1. The lowest BCUT2D eigenvalue weighted by Crippen LogP contribution is -2.40. The molecule has 2 rings (SSSR count). The van der Waals surface area contributed by atoms with E-state index < -0.39 is 6.10 Å². The summed E-state index contributed by atoms with van der Waals surface area (Å²) in [6.45, 7) is 3.13. The fourth-order valence-corrected chi connectivity index (χ4v) is 2.28. The average molecular weight is 313 g/mol. The molecule has 98 valence electrons. The second-order valence-corrected chi connectivity index (χ2v) is 5.46. The van der Waals surface area contributed by atoms with Crippen LogP contribution in [-0.2, 0) is 4.79 Å². The summed E-state index contributed by atoms with van der Waals surface area (Å²) in [6.07, 6.45) is 0.396. The monoisotopic (exact) mass is 312 g/mol. The summed E-state index contributed by atoms with van der Waals surface area (Å²) >= 11 is 3.36. The number of ether oxygens (including phenoxy) is 1. The Kier molecular flexibility index (Phi) is 4.24. The van der Waals surface area contributed by atoms with Crippen molar-refractivity contribution in [2.75, 3.05) is 13.1 Å². The second kappa shape index (κ2) is 5.71. The molecular weight excluding hydrogens is 296 g/mol. The molecule has 18 heavy (non-hydrogen) atoms. The molecule has 1 heterocycles. The predicted octanol–water partition coefficient (Wildman–Crippen LogP) is 1.78. The lowest BCUT2D eigenvalue weighted by molar-refractivity contribution is -0.136. The maximum atomic E-state index is 12.1. The normalized spacial score (nSPS) is 20.8. The van der Waals surface area contributed by atoms with Crippen molar-refractivity contribution in [3.63, 3.8) is 0 Å². The minimum absolute atomic E-state index is 0.00543. The highest BCUT2D eigenvalue weighted by Crippen LogP contribution is 2.18. The van der Waals surface area contributed by atoms with E-state index in [0.29, 0.717) is 12.3 Å². The Morgan fingerprint density at radius 1 is 1.50 bits per heavy atom. The molecule has 1 amide bonds. The number of benzene rings is 1. The molecule has 0 radical (unpaired) electrons. The van der Waals surface area contributed by atoms with Crippen molar-refractivity contribution in [3.05, 3.63) is 28.7 Å². The van der Waals surface area contributed by atoms with Gasteiger partial charge in [-0.3, -0.25) is 4.79 Å². The number of amides is 1. The molecule has 0 aromatic heterocycles. The van der Waals surface area contributed by atoms with Crippen LogP contribution in [0.1, 0.15) is 13.3 Å². The van der Waals surface area contributed by atoms with Crippen LogP contribution in [0.5, 0.6) is 5.75 Å². The third-order valence-corrected chi connectivity index (χ3v) is 3.54. The molecule has 0 saturated carbocycles. The van der Waals surface area contributed by atoms with Crippen LogP contribution in [0.3, 0.4) is 0 Å². The van der Waals surface area contributed by atoms with Crippen LogP contribution in [0.4, 0.5) is 0 Å². The fourth-order valence-electron chi connectivity index (χ4n) is 2.01. The second-order valence-electron chi connectivity index (χ2n) is 4.55. The van der Waals surface area contributed by atoms with E-state index in [4.69, 9.17) is 10.5 Å². The number of carbonyl (C=O) groups excluding carboxylic acids is 1. The van der Waals surface area contributed by atoms with Crippen molar-refractivity contribution in [3.8, 4) is 5.75 Å². The Morgan fingerprint density at radius 2 is 2.17 bits per heavy atom. The van der Waals surface area contributed by atoms with Crippen molar-refractivity contribution in [2.45, 2.75) is 25.5 Å². The number of nitrogens with zero attached hydrogens (tertiary/aromatic N) is 1. The van der Waals surface area contributed by atoms with E-state index in [-0.39, 0.29) is 11.9 Å². The standard InChI is InChI=1S/C13H17BrN2O2/c1-9(13(17)16-7-6-11(15)8-16)18-12-4-2-10(14)3-5-12/h2-5,9,11H,6-8,15H2,1H3/t9?,11-/m1/s1. The number of likely N-dealkylation sites (tertiary alicyclic amines) is 1. The van der Waals surface area contributed by atoms with Crippen molar-refractivity contribution >= 4 is 21.8 Å². The van der Waals surface area contributed by atoms with Gasteiger partial charge in [0.15, 0.2) is 6.10 Å². The first kappa shape index (κ1) is 13.4. The summed E-state index contributed by atoms with van der Waals surface area (Å²) in [7, 11) is 0. The first-order valence-electron chi connectivity index (χ1n) is 6.03. The topological polar surface area (TPSA) is 55.6 Å². The van der Waals surface area contributed by atoms with Gasteiger partial charge in [-0.1, -0.05) is 15.9 Å². The Labute approximate surface area is 115 Å². The minimum Gasteiger partial charge on any atom is -0.481 e. The summed E-state index contributed by atoms with van der Waals surface area (Å²) in [5, 5.41) is 0. The first-order valence-corrected chi connectivity index (χ1v) is 6.82. The van der Waals surface area contributed by atoms with Gasteiger partial charge in [-0.2, -0.15) is 0 Å². The van der Waals surface area contributed by atoms with Crippen LogP contribution in [-0.4, -0.2) is 36.0 Å². The third kappa shape index (κ3) is 3.23. The average Bonchev–Trinajstić information content (AvgIpc) is 2.78. The van der Waals surface area contributed by atoms with E-state index in [2.05, 4.69) is 15.9 Å². The van der Waals surface area contributed by atoms with E-state index in [9.17, 15) is 4.79 Å². The van der Waals surface area contributed by atoms with Gasteiger partial charge in [0.1, 0.15) is 5.75 Å². The van der Waals surface area contributed by atoms with Crippen molar-refractivity contribution in [1.82, 2.24) is 4.90 Å². The van der Waals surface area contributed by atoms with Gasteiger partial charge in [0.2, 0.25) is 0 Å². The molecule has 0 spiro atoms. The number of nitrogens with two attached hydrogens (primary N) is 1. The Bertz CT molecular complexity index is 422. The molecule has 1 aliphatic heterocycles. The van der Waals surface area contributed by atoms with Crippen LogP contribution < -0.4 is 10.5 Å². The highest BCUT2D eigenvalue weighted by atomic mass is 79.9. The van der Waals surface area contributed by atoms with Gasteiger partial charge in [-0.05, 0) is 37.6 Å². The minimum atomic E-state index is -0.475. The molecule has 5 heteroatoms. The zero-order chi connectivity index (χ0) is 13.1. The number of hydrogen-bond donors (Lipinski definition) is 1. The van der Waals surface area contributed by atoms with E-state index in [0.717, 1.165) is 17.4 Å². The Morgan fingerprint density at radius 3 is 2.72 bits per heavy atom. The van der Waals surface area contributed by atoms with Crippen LogP contribution in [0.2, 0.25) is 0 Å². The van der Waals surface area contributed by atoms with Gasteiger partial charge < -0.3 is 15.4 Å². The molecule has 2 atom stereocenters. The molecule has 1 aliphatic rings. The van der Waals surface area contributed by atoms with Crippen LogP contribution in [0.25, 0.3) is 0 Å². The van der Waals surface area contributed by atoms with Crippen LogP contribution in [0.15, 0.2) is 28.7 Å². The van der Waals surface area contributed by atoms with Crippen LogP contribution >= 0.6 is 15.9 Å². The van der Waals surface area contributed by atoms with E-state index >= 15 is 0 Å². The molecule has 1 aromatic carbocycles. The van der Waals surface area contributed by atoms with Crippen molar-refractivity contribution in [2.24, 2.45) is 5.73 Å². The van der Waals surface area contributed by atoms with Gasteiger partial charge in [0.05, 0.1) is 0 Å². The van der Waals surface area contributed by atoms with E-state index in [1.54, 1.807) is 11.8 Å². The van der Waals surface area contributed by atoms with Gasteiger partial charge in [-0.25, -0.2) is 0 Å². The zero-order valence-corrected chi connectivity index (χ0v) is 11.9. The third-order valence-electron chi connectivity index (χ3n) is 3.01. The summed E-state index contributed by atoms with van der Waals surface area (Å²) in [4.78, 5) is 13.9. The molecule has 1 unspecified atom stereocenters. The largest absolute Gasteiger partial charge is 0.481 e. The molecule has 4 nitrogen and oxygen atoms in total. The van der Waals surface area contributed by atoms with Crippen molar-refractivity contribution < 1.29 is 9.53 Å². The van der Waals surface area contributed by atoms with Gasteiger partial charge in [-0.15, -0.1) is 0 Å². The summed E-state index contributed by atoms with van der Waals surface area (Å²) in [5.74, 6) is 0.702. The van der Waals surface area contributed by atoms with Gasteiger partial charge >= 0.3 is 0 Å². The number of hydrogen-bond acceptors (Lipinski definition) is 3. The lowest BCUT2D eigenvalue weighted by Gasteiger charge is -2.21. The van der Waals surface area contributed by atoms with E-state index in [1.807, 2.05) is 24.3 Å². The SMILES string of the molecule is CC(Oc1ccc(Br)cc1)C(=O)N1CC[C@@H](N)C1.